The Hall–Kier alpha value is -4.62. The monoisotopic (exact) mass is 621 g/mol. The van der Waals surface area contributed by atoms with Crippen molar-refractivity contribution in [2.24, 2.45) is 5.92 Å². The molecule has 0 bridgehead atoms. The van der Waals surface area contributed by atoms with Crippen LogP contribution in [0.15, 0.2) is 76.6 Å². The summed E-state index contributed by atoms with van der Waals surface area (Å²) in [5, 5.41) is 11.8. The van der Waals surface area contributed by atoms with Crippen LogP contribution >= 0.6 is 23.1 Å². The van der Waals surface area contributed by atoms with Gasteiger partial charge in [0.05, 0.1) is 23.2 Å². The molecular formula is C30H24FN3O7S2. The van der Waals surface area contributed by atoms with Gasteiger partial charge >= 0.3 is 4.87 Å². The molecule has 13 heteroatoms. The van der Waals surface area contributed by atoms with Crippen LogP contribution < -0.4 is 24.6 Å². The first-order chi connectivity index (χ1) is 20.7. The van der Waals surface area contributed by atoms with Gasteiger partial charge in [0, 0.05) is 16.5 Å². The van der Waals surface area contributed by atoms with E-state index in [2.05, 4.69) is 10.3 Å². The smallest absolute Gasteiger partial charge is 0.305 e. The number of thioether (sulfide) groups is 1. The molecule has 4 aromatic rings. The number of phenols is 1. The first-order valence-corrected chi connectivity index (χ1v) is 14.9. The Morgan fingerprint density at radius 3 is 2.47 bits per heavy atom. The average Bonchev–Trinajstić information content (AvgIpc) is 3.48. The minimum Gasteiger partial charge on any atom is -0.508 e. The number of amides is 3. The number of aromatic nitrogens is 1. The summed E-state index contributed by atoms with van der Waals surface area (Å²) in [5.41, 5.74) is 1.38. The summed E-state index contributed by atoms with van der Waals surface area (Å²) in [6, 6.07) is 16.2. The number of nitrogens with zero attached hydrogens (tertiary/aromatic N) is 1. The fourth-order valence-corrected chi connectivity index (χ4v) is 7.73. The van der Waals surface area contributed by atoms with Crippen molar-refractivity contribution in [3.05, 3.63) is 92.7 Å². The summed E-state index contributed by atoms with van der Waals surface area (Å²) in [6.45, 7) is 1.75. The second kappa shape index (κ2) is 11.6. The molecule has 3 heterocycles. The van der Waals surface area contributed by atoms with Gasteiger partial charge in [0.2, 0.25) is 11.8 Å². The third-order valence-electron chi connectivity index (χ3n) is 7.05. The number of anilines is 2. The molecule has 1 aromatic heterocycles. The van der Waals surface area contributed by atoms with Gasteiger partial charge in [-0.2, -0.15) is 0 Å². The molecule has 2 unspecified atom stereocenters. The molecule has 6 rings (SSSR count). The van der Waals surface area contributed by atoms with Crippen LogP contribution in [0, 0.1) is 11.7 Å². The van der Waals surface area contributed by atoms with Crippen LogP contribution in [0.1, 0.15) is 23.3 Å². The molecule has 3 N–H and O–H groups in total. The highest BCUT2D eigenvalue weighted by Gasteiger charge is 2.56. The van der Waals surface area contributed by atoms with Crippen LogP contribution in [0.2, 0.25) is 0 Å². The molecular weight excluding hydrogens is 597 g/mol. The van der Waals surface area contributed by atoms with E-state index in [1.165, 1.54) is 36.4 Å². The highest BCUT2D eigenvalue weighted by Crippen LogP contribution is 2.53. The van der Waals surface area contributed by atoms with Crippen LogP contribution in [0.3, 0.4) is 0 Å². The number of fused-ring (bicyclic) bond motifs is 2. The second-order valence-corrected chi connectivity index (χ2v) is 11.9. The lowest BCUT2D eigenvalue weighted by Crippen LogP contribution is -2.32. The summed E-state index contributed by atoms with van der Waals surface area (Å²) < 4.78 is 25.2. The van der Waals surface area contributed by atoms with Gasteiger partial charge < -0.3 is 24.9 Å². The molecule has 2 aliphatic rings. The number of rotatable bonds is 8. The van der Waals surface area contributed by atoms with E-state index in [1.54, 1.807) is 37.3 Å². The second-order valence-electron chi connectivity index (χ2n) is 9.76. The molecule has 2 aliphatic heterocycles. The molecule has 1 saturated heterocycles. The number of phenolic OH excluding ortho intramolecular Hbond substituents is 1. The largest absolute Gasteiger partial charge is 0.508 e. The molecule has 43 heavy (non-hydrogen) atoms. The number of aromatic hydroxyl groups is 1. The highest BCUT2D eigenvalue weighted by atomic mass is 32.2. The predicted molar refractivity (Wildman–Crippen MR) is 159 cm³/mol. The number of thiazole rings is 1. The molecule has 0 saturated carbocycles. The normalized spacial score (nSPS) is 19.1. The van der Waals surface area contributed by atoms with E-state index < -0.39 is 40.6 Å². The average molecular weight is 622 g/mol. The van der Waals surface area contributed by atoms with Crippen molar-refractivity contribution >= 4 is 52.2 Å². The number of carbonyl (C=O) groups is 3. The number of aromatic amines is 1. The number of imide groups is 1. The summed E-state index contributed by atoms with van der Waals surface area (Å²) >= 11 is 2.12. The summed E-state index contributed by atoms with van der Waals surface area (Å²) in [5.74, 6) is -2.62. The lowest BCUT2D eigenvalue weighted by Gasteiger charge is -2.30. The van der Waals surface area contributed by atoms with Crippen LogP contribution in [0.4, 0.5) is 15.8 Å². The number of H-pyrrole nitrogens is 1. The van der Waals surface area contributed by atoms with Crippen LogP contribution in [0.5, 0.6) is 17.2 Å². The number of hydrogen-bond donors (Lipinski definition) is 3. The zero-order chi connectivity index (χ0) is 30.2. The Morgan fingerprint density at radius 1 is 1.00 bits per heavy atom. The Morgan fingerprint density at radius 2 is 1.74 bits per heavy atom. The maximum atomic E-state index is 13.9. The van der Waals surface area contributed by atoms with Gasteiger partial charge in [-0.05, 0) is 73.2 Å². The quantitative estimate of drug-likeness (QED) is 0.193. The van der Waals surface area contributed by atoms with E-state index in [0.29, 0.717) is 26.9 Å². The van der Waals surface area contributed by atoms with Gasteiger partial charge in [-0.25, -0.2) is 9.29 Å². The van der Waals surface area contributed by atoms with Crippen molar-refractivity contribution in [2.45, 2.75) is 23.1 Å². The van der Waals surface area contributed by atoms with Gasteiger partial charge in [-0.15, -0.1) is 0 Å². The Labute approximate surface area is 252 Å². The zero-order valence-corrected chi connectivity index (χ0v) is 24.2. The van der Waals surface area contributed by atoms with Gasteiger partial charge in [-0.3, -0.25) is 19.2 Å². The SMILES string of the molecule is CCOc1cc([C@H]2c3sc(=O)[nH]c3SC3C(=O)N(c4ccc(F)cc4)C(=O)C32)ccc1OCC(=O)Nc1ccc(O)cc1. The summed E-state index contributed by atoms with van der Waals surface area (Å²) in [7, 11) is 0. The molecule has 0 radical (unpaired) electrons. The van der Waals surface area contributed by atoms with Crippen LogP contribution in [0.25, 0.3) is 0 Å². The molecule has 10 nitrogen and oxygen atoms in total. The van der Waals surface area contributed by atoms with Crippen molar-refractivity contribution < 1.29 is 33.4 Å². The number of carbonyl (C=O) groups excluding carboxylic acids is 3. The van der Waals surface area contributed by atoms with Gasteiger partial charge in [0.25, 0.3) is 5.91 Å². The third-order valence-corrected chi connectivity index (χ3v) is 9.45. The molecule has 0 spiro atoms. The molecule has 3 atom stereocenters. The van der Waals surface area contributed by atoms with Crippen molar-refractivity contribution in [3.8, 4) is 17.2 Å². The highest BCUT2D eigenvalue weighted by molar-refractivity contribution is 8.00. The number of benzene rings is 3. The van der Waals surface area contributed by atoms with E-state index in [9.17, 15) is 28.7 Å². The maximum absolute atomic E-state index is 13.9. The van der Waals surface area contributed by atoms with E-state index in [4.69, 9.17) is 9.47 Å². The van der Waals surface area contributed by atoms with Crippen LogP contribution in [-0.4, -0.2) is 46.3 Å². The summed E-state index contributed by atoms with van der Waals surface area (Å²) in [6.07, 6.45) is 0. The van der Waals surface area contributed by atoms with E-state index in [-0.39, 0.29) is 35.3 Å². The van der Waals surface area contributed by atoms with E-state index in [1.807, 2.05) is 0 Å². The van der Waals surface area contributed by atoms with E-state index in [0.717, 1.165) is 28.0 Å². The number of ether oxygens (including phenoxy) is 2. The minimum absolute atomic E-state index is 0.0736. The van der Waals surface area contributed by atoms with Gasteiger partial charge in [-0.1, -0.05) is 29.2 Å². The van der Waals surface area contributed by atoms with Gasteiger partial charge in [0.1, 0.15) is 16.8 Å². The Balaban J connectivity index is 1.31. The first kappa shape index (κ1) is 28.5. The number of hydrogen-bond acceptors (Lipinski definition) is 9. The molecule has 3 amide bonds. The minimum atomic E-state index is -0.834. The molecule has 1 fully saturated rings. The van der Waals surface area contributed by atoms with E-state index >= 15 is 0 Å². The Kier molecular flexibility index (Phi) is 7.67. The lowest BCUT2D eigenvalue weighted by atomic mass is 9.83. The molecule has 220 valence electrons. The lowest BCUT2D eigenvalue weighted by molar-refractivity contribution is -0.122. The van der Waals surface area contributed by atoms with Gasteiger partial charge in [0.15, 0.2) is 18.1 Å². The molecule has 3 aromatic carbocycles. The first-order valence-electron chi connectivity index (χ1n) is 13.2. The fraction of sp³-hybridized carbons (Fsp3) is 0.200. The van der Waals surface area contributed by atoms with Crippen molar-refractivity contribution in [2.75, 3.05) is 23.4 Å². The third kappa shape index (κ3) is 5.48. The van der Waals surface area contributed by atoms with Crippen molar-refractivity contribution in [1.82, 2.24) is 4.98 Å². The zero-order valence-electron chi connectivity index (χ0n) is 22.5. The number of nitrogens with one attached hydrogen (secondary N) is 2. The van der Waals surface area contributed by atoms with Crippen LogP contribution in [-0.2, 0) is 14.4 Å². The van der Waals surface area contributed by atoms with Crippen molar-refractivity contribution in [1.29, 1.82) is 0 Å². The predicted octanol–water partition coefficient (Wildman–Crippen LogP) is 4.49. The standard InChI is InChI=1S/C30H24FN3O7S2/c1-2-40-21-13-15(3-12-20(21)41-14-22(36)32-17-6-10-19(35)11-7-17)23-24-26(42-27-25(23)43-30(39)33-27)29(38)34(28(24)37)18-8-4-16(31)5-9-18/h3-13,23-24,26,35H,2,14H2,1H3,(H,32,36)(H,33,39)/t23-,24?,26?/m1/s1. The summed E-state index contributed by atoms with van der Waals surface area (Å²) in [4.78, 5) is 56.5. The van der Waals surface area contributed by atoms with Crippen molar-refractivity contribution in [3.63, 3.8) is 0 Å². The Bertz CT molecular complexity index is 1770. The molecule has 0 aliphatic carbocycles. The maximum Gasteiger partial charge on any atom is 0.305 e. The number of halogens is 1. The topological polar surface area (TPSA) is 138 Å². The fourth-order valence-electron chi connectivity index (χ4n) is 5.21.